The summed E-state index contributed by atoms with van der Waals surface area (Å²) in [5, 5.41) is 14.9. The Morgan fingerprint density at radius 2 is 1.96 bits per heavy atom. The molecule has 2 aromatic rings. The molecule has 0 aliphatic carbocycles. The van der Waals surface area contributed by atoms with Crippen LogP contribution in [0.2, 0.25) is 0 Å². The van der Waals surface area contributed by atoms with E-state index in [0.717, 1.165) is 23.5 Å². The van der Waals surface area contributed by atoms with E-state index in [4.69, 9.17) is 0 Å². The fraction of sp³-hybridized carbons (Fsp3) is 0.286. The highest BCUT2D eigenvalue weighted by molar-refractivity contribution is 5.71. The third-order valence-electron chi connectivity index (χ3n) is 4.22. The van der Waals surface area contributed by atoms with Gasteiger partial charge in [0.2, 0.25) is 0 Å². The molecule has 138 valence electrons. The van der Waals surface area contributed by atoms with Gasteiger partial charge in [-0.3, -0.25) is 4.90 Å². The van der Waals surface area contributed by atoms with E-state index in [2.05, 4.69) is 21.8 Å². The van der Waals surface area contributed by atoms with E-state index in [1.165, 1.54) is 6.07 Å². The molecular weight excluding hydrogens is 329 g/mol. The maximum Gasteiger partial charge on any atom is 0.167 e. The molecule has 0 heterocycles. The third kappa shape index (κ3) is 4.70. The maximum atomic E-state index is 14.2. The van der Waals surface area contributed by atoms with Crippen molar-refractivity contribution in [3.05, 3.63) is 58.2 Å². The first kappa shape index (κ1) is 19.7. The van der Waals surface area contributed by atoms with Crippen LogP contribution in [0.15, 0.2) is 41.4 Å². The molecule has 2 N–H and O–H groups in total. The second-order valence-electron chi connectivity index (χ2n) is 5.95. The summed E-state index contributed by atoms with van der Waals surface area (Å²) in [6.07, 6.45) is 1.67. The molecule has 0 aliphatic rings. The number of aliphatic imine (C=N–C) groups is 1. The monoisotopic (exact) mass is 355 g/mol. The van der Waals surface area contributed by atoms with Gasteiger partial charge >= 0.3 is 0 Å². The summed E-state index contributed by atoms with van der Waals surface area (Å²) in [5.41, 5.74) is 1.07. The molecule has 0 spiro atoms. The minimum atomic E-state index is -0.653. The lowest BCUT2D eigenvalue weighted by atomic mass is 10.1. The van der Waals surface area contributed by atoms with Crippen LogP contribution in [0.3, 0.4) is 0 Å². The average molecular weight is 355 g/mol. The van der Waals surface area contributed by atoms with E-state index in [9.17, 15) is 9.50 Å². The predicted molar refractivity (Wildman–Crippen MR) is 107 cm³/mol. The average Bonchev–Trinajstić information content (AvgIpc) is 2.63. The molecule has 0 radical (unpaired) electrons. The zero-order valence-electron chi connectivity index (χ0n) is 15.6. The van der Waals surface area contributed by atoms with Gasteiger partial charge < -0.3 is 10.4 Å². The van der Waals surface area contributed by atoms with Crippen LogP contribution in [0, 0.1) is 5.82 Å². The van der Waals surface area contributed by atoms with Gasteiger partial charge in [-0.1, -0.05) is 44.7 Å². The summed E-state index contributed by atoms with van der Waals surface area (Å²) in [7, 11) is 0. The minimum Gasteiger partial charge on any atom is -0.505 e. The summed E-state index contributed by atoms with van der Waals surface area (Å²) >= 11 is 0. The molecule has 0 unspecified atom stereocenters. The van der Waals surface area contributed by atoms with Gasteiger partial charge in [0, 0.05) is 35.3 Å². The van der Waals surface area contributed by atoms with Crippen LogP contribution in [0.25, 0.3) is 12.4 Å². The Morgan fingerprint density at radius 3 is 2.58 bits per heavy atom. The quantitative estimate of drug-likeness (QED) is 0.593. The van der Waals surface area contributed by atoms with Crippen molar-refractivity contribution in [1.29, 1.82) is 0 Å². The summed E-state index contributed by atoms with van der Waals surface area (Å²) in [6, 6.07) is 10.6. The number of hydrogen-bond donors (Lipinski definition) is 2. The zero-order valence-corrected chi connectivity index (χ0v) is 15.6. The van der Waals surface area contributed by atoms with Crippen molar-refractivity contribution in [2.24, 2.45) is 4.99 Å². The number of benzene rings is 2. The molecule has 5 heteroatoms. The molecule has 0 amide bonds. The number of nitrogens with one attached hydrogen (secondary N) is 1. The van der Waals surface area contributed by atoms with E-state index < -0.39 is 5.82 Å². The van der Waals surface area contributed by atoms with Crippen LogP contribution in [-0.4, -0.2) is 29.3 Å². The highest BCUT2D eigenvalue weighted by atomic mass is 19.1. The Balaban J connectivity index is 2.48. The Hall–Kier alpha value is -2.66. The van der Waals surface area contributed by atoms with Crippen LogP contribution < -0.4 is 15.8 Å². The smallest absolute Gasteiger partial charge is 0.167 e. The Labute approximate surface area is 154 Å². The number of nitrogens with zero attached hydrogens (tertiary/aromatic N) is 2. The summed E-state index contributed by atoms with van der Waals surface area (Å²) < 4.78 is 14.2. The van der Waals surface area contributed by atoms with E-state index in [1.54, 1.807) is 12.3 Å². The van der Waals surface area contributed by atoms with Gasteiger partial charge in [0.15, 0.2) is 11.6 Å². The van der Waals surface area contributed by atoms with Crippen LogP contribution in [0.1, 0.15) is 26.3 Å². The zero-order chi connectivity index (χ0) is 19.1. The first-order valence-corrected chi connectivity index (χ1v) is 8.77. The number of halogens is 1. The topological polar surface area (TPSA) is 47.9 Å². The van der Waals surface area contributed by atoms with Gasteiger partial charge in [-0.05, 0) is 31.3 Å². The van der Waals surface area contributed by atoms with E-state index >= 15 is 0 Å². The first-order chi connectivity index (χ1) is 12.5. The predicted octanol–water partition coefficient (Wildman–Crippen LogP) is 3.05. The molecule has 0 atom stereocenters. The lowest BCUT2D eigenvalue weighted by Gasteiger charge is -2.19. The molecule has 0 fully saturated rings. The normalized spacial score (nSPS) is 12.7. The second-order valence-corrected chi connectivity index (χ2v) is 5.95. The molecule has 0 aliphatic heterocycles. The van der Waals surface area contributed by atoms with Crippen LogP contribution >= 0.6 is 0 Å². The van der Waals surface area contributed by atoms with Gasteiger partial charge in [0.25, 0.3) is 0 Å². The molecule has 0 bridgehead atoms. The number of anilines is 1. The molecule has 2 rings (SSSR count). The summed E-state index contributed by atoms with van der Waals surface area (Å²) in [6.45, 7) is 12.0. The third-order valence-corrected chi connectivity index (χ3v) is 4.22. The standard InChI is InChI=1S/C21H26FN3O/c1-5-23-21(18-11-9-8-10-15(18)4)24-17-12-16(14-25(6-2)7-3)20(26)19(22)13-17/h5,8-13,24,26H,4,6-7,14H2,1-3H3/b21-18+,23-5?. The summed E-state index contributed by atoms with van der Waals surface area (Å²) in [5.74, 6) is -0.377. The number of rotatable bonds is 7. The van der Waals surface area contributed by atoms with Gasteiger partial charge in [-0.25, -0.2) is 9.38 Å². The number of phenols is 1. The Bertz CT molecular complexity index is 889. The SMILES string of the molecule is C=c1cccc/c1=C(/N=CC)Nc1cc(F)c(O)c(CN(CC)CC)c1. The van der Waals surface area contributed by atoms with Crippen molar-refractivity contribution in [2.75, 3.05) is 18.4 Å². The van der Waals surface area contributed by atoms with Crippen molar-refractivity contribution < 1.29 is 9.50 Å². The van der Waals surface area contributed by atoms with E-state index in [0.29, 0.717) is 23.6 Å². The maximum absolute atomic E-state index is 14.2. The lowest BCUT2D eigenvalue weighted by Crippen LogP contribution is -2.27. The minimum absolute atomic E-state index is 0.305. The van der Waals surface area contributed by atoms with Gasteiger partial charge in [-0.15, -0.1) is 0 Å². The summed E-state index contributed by atoms with van der Waals surface area (Å²) in [4.78, 5) is 6.48. The first-order valence-electron chi connectivity index (χ1n) is 8.77. The number of aromatic hydroxyl groups is 1. The molecular formula is C21H26FN3O. The number of hydrogen-bond acceptors (Lipinski definition) is 4. The van der Waals surface area contributed by atoms with Crippen molar-refractivity contribution >= 4 is 24.3 Å². The van der Waals surface area contributed by atoms with Crippen molar-refractivity contribution in [3.8, 4) is 5.75 Å². The Kier molecular flexibility index (Phi) is 6.92. The highest BCUT2D eigenvalue weighted by Crippen LogP contribution is 2.27. The van der Waals surface area contributed by atoms with E-state index in [-0.39, 0.29) is 5.75 Å². The molecule has 0 saturated carbocycles. The molecule has 2 aromatic carbocycles. The lowest BCUT2D eigenvalue weighted by molar-refractivity contribution is 0.289. The van der Waals surface area contributed by atoms with Crippen LogP contribution in [0.5, 0.6) is 5.75 Å². The van der Waals surface area contributed by atoms with Crippen molar-refractivity contribution in [3.63, 3.8) is 0 Å². The van der Waals surface area contributed by atoms with Gasteiger partial charge in [0.1, 0.15) is 5.82 Å². The molecule has 0 saturated heterocycles. The van der Waals surface area contributed by atoms with Crippen molar-refractivity contribution in [2.45, 2.75) is 27.3 Å². The van der Waals surface area contributed by atoms with Crippen LogP contribution in [0.4, 0.5) is 10.1 Å². The fourth-order valence-electron chi connectivity index (χ4n) is 2.72. The van der Waals surface area contributed by atoms with Gasteiger partial charge in [-0.2, -0.15) is 0 Å². The molecule has 0 aromatic heterocycles. The number of phenolic OH excluding ortho intramolecular Hbond substituents is 1. The second kappa shape index (κ2) is 9.15. The largest absolute Gasteiger partial charge is 0.505 e. The Morgan fingerprint density at radius 1 is 1.27 bits per heavy atom. The fourth-order valence-corrected chi connectivity index (χ4v) is 2.72. The molecule has 26 heavy (non-hydrogen) atoms. The van der Waals surface area contributed by atoms with Gasteiger partial charge in [0.05, 0.1) is 0 Å². The highest BCUT2D eigenvalue weighted by Gasteiger charge is 2.13. The molecule has 4 nitrogen and oxygen atoms in total. The van der Waals surface area contributed by atoms with Crippen molar-refractivity contribution in [1.82, 2.24) is 4.90 Å². The van der Waals surface area contributed by atoms with E-state index in [1.807, 2.05) is 45.0 Å². The van der Waals surface area contributed by atoms with Crippen LogP contribution in [-0.2, 0) is 6.54 Å².